The highest BCUT2D eigenvalue weighted by Gasteiger charge is 2.24. The minimum atomic E-state index is -1.01. The molecule has 1 unspecified atom stereocenters. The topological polar surface area (TPSA) is 83.7 Å². The van der Waals surface area contributed by atoms with Crippen molar-refractivity contribution in [3.05, 3.63) is 60.3 Å². The second kappa shape index (κ2) is 7.38. The third-order valence-electron chi connectivity index (χ3n) is 3.97. The van der Waals surface area contributed by atoms with Crippen LogP contribution < -0.4 is 10.1 Å². The van der Waals surface area contributed by atoms with Crippen LogP contribution in [0.5, 0.6) is 5.75 Å². The van der Waals surface area contributed by atoms with Crippen molar-refractivity contribution in [1.82, 2.24) is 9.88 Å². The van der Waals surface area contributed by atoms with Crippen LogP contribution in [-0.2, 0) is 0 Å². The molecule has 0 saturated carbocycles. The number of ether oxygens (including phenoxy) is 1. The van der Waals surface area contributed by atoms with Crippen molar-refractivity contribution in [3.63, 3.8) is 0 Å². The van der Waals surface area contributed by atoms with Crippen molar-refractivity contribution in [2.24, 2.45) is 0 Å². The smallest absolute Gasteiger partial charge is 0.272 e. The molecule has 0 spiro atoms. The zero-order valence-corrected chi connectivity index (χ0v) is 13.8. The molecule has 2 aromatic carbocycles. The van der Waals surface area contributed by atoms with Crippen molar-refractivity contribution in [2.45, 2.75) is 6.10 Å². The molecule has 6 nitrogen and oxygen atoms in total. The van der Waals surface area contributed by atoms with Gasteiger partial charge in [-0.05, 0) is 24.3 Å². The molecule has 0 fully saturated rings. The van der Waals surface area contributed by atoms with Gasteiger partial charge >= 0.3 is 0 Å². The second-order valence-corrected chi connectivity index (χ2v) is 5.62. The molecule has 3 aromatic rings. The van der Waals surface area contributed by atoms with Gasteiger partial charge in [-0.1, -0.05) is 30.3 Å². The number of nitrogens with zero attached hydrogens (tertiary/aromatic N) is 1. The SMILES string of the molecule is COc1c(C(=O)NCC(O)CO)n(-c2ccccc2)c2ccccc12. The van der Waals surface area contributed by atoms with Crippen molar-refractivity contribution >= 4 is 16.8 Å². The maximum absolute atomic E-state index is 12.8. The average molecular weight is 340 g/mol. The summed E-state index contributed by atoms with van der Waals surface area (Å²) in [5.41, 5.74) is 2.02. The van der Waals surface area contributed by atoms with Crippen LogP contribution in [-0.4, -0.2) is 47.1 Å². The van der Waals surface area contributed by atoms with Gasteiger partial charge in [0.15, 0.2) is 11.4 Å². The van der Waals surface area contributed by atoms with Gasteiger partial charge in [-0.2, -0.15) is 0 Å². The minimum absolute atomic E-state index is 0.0468. The number of carbonyl (C=O) groups excluding carboxylic acids is 1. The lowest BCUT2D eigenvalue weighted by atomic mass is 10.2. The van der Waals surface area contributed by atoms with E-state index in [-0.39, 0.29) is 12.5 Å². The van der Waals surface area contributed by atoms with Crippen LogP contribution in [0.1, 0.15) is 10.5 Å². The predicted molar refractivity (Wildman–Crippen MR) is 95.3 cm³/mol. The van der Waals surface area contributed by atoms with Gasteiger partial charge in [0.05, 0.1) is 25.3 Å². The number of hydrogen-bond donors (Lipinski definition) is 3. The number of benzene rings is 2. The highest BCUT2D eigenvalue weighted by Crippen LogP contribution is 2.35. The molecule has 3 N–H and O–H groups in total. The number of para-hydroxylation sites is 2. The summed E-state index contributed by atoms with van der Waals surface area (Å²) in [5, 5.41) is 21.9. The first-order chi connectivity index (χ1) is 12.2. The molecule has 1 heterocycles. The van der Waals surface area contributed by atoms with Gasteiger partial charge in [-0.25, -0.2) is 0 Å². The lowest BCUT2D eigenvalue weighted by Crippen LogP contribution is -2.35. The van der Waals surface area contributed by atoms with Crippen LogP contribution in [0.3, 0.4) is 0 Å². The highest BCUT2D eigenvalue weighted by molar-refractivity contribution is 6.05. The summed E-state index contributed by atoms with van der Waals surface area (Å²) in [6, 6.07) is 17.1. The Morgan fingerprint density at radius 3 is 2.52 bits per heavy atom. The van der Waals surface area contributed by atoms with E-state index in [1.807, 2.05) is 59.2 Å². The van der Waals surface area contributed by atoms with Crippen LogP contribution in [0, 0.1) is 0 Å². The van der Waals surface area contributed by atoms with E-state index in [9.17, 15) is 9.90 Å². The number of carbonyl (C=O) groups is 1. The molecule has 0 aliphatic carbocycles. The maximum atomic E-state index is 12.8. The molecular formula is C19H20N2O4. The Kier molecular flexibility index (Phi) is 5.02. The van der Waals surface area contributed by atoms with E-state index in [2.05, 4.69) is 5.32 Å². The van der Waals surface area contributed by atoms with Crippen LogP contribution in [0.15, 0.2) is 54.6 Å². The summed E-state index contributed by atoms with van der Waals surface area (Å²) in [6.07, 6.45) is -1.01. The fourth-order valence-corrected chi connectivity index (χ4v) is 2.83. The van der Waals surface area contributed by atoms with E-state index in [1.54, 1.807) is 0 Å². The number of aliphatic hydroxyl groups excluding tert-OH is 2. The van der Waals surface area contributed by atoms with E-state index in [0.29, 0.717) is 11.4 Å². The zero-order chi connectivity index (χ0) is 17.8. The first kappa shape index (κ1) is 17.0. The van der Waals surface area contributed by atoms with Gasteiger partial charge in [-0.3, -0.25) is 4.79 Å². The number of fused-ring (bicyclic) bond motifs is 1. The standard InChI is InChI=1S/C19H20N2O4/c1-25-18-15-9-5-6-10-16(15)21(13-7-3-2-4-8-13)17(18)19(24)20-11-14(23)12-22/h2-10,14,22-23H,11-12H2,1H3,(H,20,24). The average Bonchev–Trinajstić information content (AvgIpc) is 3.00. The Morgan fingerprint density at radius 2 is 1.84 bits per heavy atom. The first-order valence-corrected chi connectivity index (χ1v) is 7.97. The molecule has 0 aliphatic rings. The monoisotopic (exact) mass is 340 g/mol. The summed E-state index contributed by atoms with van der Waals surface area (Å²) in [5.74, 6) is 0.0832. The maximum Gasteiger partial charge on any atom is 0.272 e. The van der Waals surface area contributed by atoms with Gasteiger partial charge in [-0.15, -0.1) is 0 Å². The molecular weight excluding hydrogens is 320 g/mol. The fourth-order valence-electron chi connectivity index (χ4n) is 2.83. The molecule has 6 heteroatoms. The summed E-state index contributed by atoms with van der Waals surface area (Å²) in [4.78, 5) is 12.8. The number of hydrogen-bond acceptors (Lipinski definition) is 4. The quantitative estimate of drug-likeness (QED) is 0.638. The van der Waals surface area contributed by atoms with Crippen LogP contribution in [0.2, 0.25) is 0 Å². The van der Waals surface area contributed by atoms with Crippen LogP contribution in [0.25, 0.3) is 16.6 Å². The molecule has 0 radical (unpaired) electrons. The molecule has 130 valence electrons. The van der Waals surface area contributed by atoms with Gasteiger partial charge < -0.3 is 24.8 Å². The Morgan fingerprint density at radius 1 is 1.16 bits per heavy atom. The Hall–Kier alpha value is -2.83. The minimum Gasteiger partial charge on any atom is -0.494 e. The largest absolute Gasteiger partial charge is 0.494 e. The third kappa shape index (κ3) is 3.22. The summed E-state index contributed by atoms with van der Waals surface area (Å²) in [6.45, 7) is -0.464. The lowest BCUT2D eigenvalue weighted by molar-refractivity contribution is 0.0796. The predicted octanol–water partition coefficient (Wildman–Crippen LogP) is 1.72. The van der Waals surface area contributed by atoms with Crippen LogP contribution >= 0.6 is 0 Å². The summed E-state index contributed by atoms with van der Waals surface area (Å²) in [7, 11) is 1.52. The van der Waals surface area contributed by atoms with Crippen molar-refractivity contribution in [3.8, 4) is 11.4 Å². The number of aromatic nitrogens is 1. The number of nitrogens with one attached hydrogen (secondary N) is 1. The van der Waals surface area contributed by atoms with Gasteiger partial charge in [0.1, 0.15) is 0 Å². The molecule has 3 rings (SSSR count). The number of rotatable bonds is 6. The van der Waals surface area contributed by atoms with E-state index >= 15 is 0 Å². The van der Waals surface area contributed by atoms with Crippen LogP contribution in [0.4, 0.5) is 0 Å². The molecule has 25 heavy (non-hydrogen) atoms. The molecule has 0 aliphatic heterocycles. The zero-order valence-electron chi connectivity index (χ0n) is 13.8. The summed E-state index contributed by atoms with van der Waals surface area (Å²) < 4.78 is 7.35. The number of methoxy groups -OCH3 is 1. The fraction of sp³-hybridized carbons (Fsp3) is 0.211. The number of aliphatic hydroxyl groups is 2. The van der Waals surface area contributed by atoms with Crippen molar-refractivity contribution in [1.29, 1.82) is 0 Å². The van der Waals surface area contributed by atoms with Gasteiger partial charge in [0.25, 0.3) is 5.91 Å². The molecule has 0 bridgehead atoms. The normalized spacial score (nSPS) is 12.1. The summed E-state index contributed by atoms with van der Waals surface area (Å²) >= 11 is 0. The molecule has 1 atom stereocenters. The van der Waals surface area contributed by atoms with E-state index in [4.69, 9.17) is 9.84 Å². The Labute approximate surface area is 145 Å². The van der Waals surface area contributed by atoms with Crippen molar-refractivity contribution < 1.29 is 19.7 Å². The van der Waals surface area contributed by atoms with Crippen molar-refractivity contribution in [2.75, 3.05) is 20.3 Å². The first-order valence-electron chi connectivity index (χ1n) is 7.97. The third-order valence-corrected chi connectivity index (χ3v) is 3.97. The Bertz CT molecular complexity index is 874. The lowest BCUT2D eigenvalue weighted by Gasteiger charge is -2.13. The molecule has 0 saturated heterocycles. The van der Waals surface area contributed by atoms with E-state index in [1.165, 1.54) is 7.11 Å². The highest BCUT2D eigenvalue weighted by atomic mass is 16.5. The van der Waals surface area contributed by atoms with E-state index < -0.39 is 12.7 Å². The van der Waals surface area contributed by atoms with Gasteiger partial charge in [0.2, 0.25) is 0 Å². The second-order valence-electron chi connectivity index (χ2n) is 5.62. The molecule has 1 amide bonds. The van der Waals surface area contributed by atoms with Gasteiger partial charge in [0, 0.05) is 17.6 Å². The molecule has 1 aromatic heterocycles. The number of amides is 1. The Balaban J connectivity index is 2.17. The van der Waals surface area contributed by atoms with E-state index in [0.717, 1.165) is 16.6 Å².